The number of rotatable bonds is 6. The molecule has 0 saturated heterocycles. The molecule has 0 aliphatic carbocycles. The van der Waals surface area contributed by atoms with Gasteiger partial charge in [-0.2, -0.15) is 0 Å². The van der Waals surface area contributed by atoms with Crippen LogP contribution in [-0.2, 0) is 11.3 Å². The van der Waals surface area contributed by atoms with Gasteiger partial charge in [0.15, 0.2) is 0 Å². The molecule has 0 aromatic heterocycles. The van der Waals surface area contributed by atoms with Gasteiger partial charge < -0.3 is 15.2 Å². The van der Waals surface area contributed by atoms with E-state index in [0.717, 1.165) is 12.1 Å². The van der Waals surface area contributed by atoms with Gasteiger partial charge >= 0.3 is 29.6 Å². The molecule has 0 aliphatic rings. The van der Waals surface area contributed by atoms with E-state index in [4.69, 9.17) is 11.6 Å². The number of halogens is 1. The minimum atomic E-state index is -1.21. The third kappa shape index (κ3) is 6.51. The fourth-order valence-electron chi connectivity index (χ4n) is 1.18. The predicted octanol–water partition coefficient (Wildman–Crippen LogP) is -2.47. The Hall–Kier alpha value is -0.0600. The van der Waals surface area contributed by atoms with E-state index in [1.807, 2.05) is 30.3 Å². The van der Waals surface area contributed by atoms with Gasteiger partial charge in [-0.1, -0.05) is 30.3 Å². The van der Waals surface area contributed by atoms with Crippen molar-refractivity contribution in [3.05, 3.63) is 35.9 Å². The number of nitrogens with one attached hydrogen (secondary N) is 1. The van der Waals surface area contributed by atoms with E-state index in [-0.39, 0.29) is 29.6 Å². The second-order valence-electron chi connectivity index (χ2n) is 3.24. The largest absolute Gasteiger partial charge is 1.00 e. The maximum absolute atomic E-state index is 10.3. The summed E-state index contributed by atoms with van der Waals surface area (Å²) in [5.41, 5.74) is 1.16. The molecule has 0 bridgehead atoms. The quantitative estimate of drug-likeness (QED) is 0.345. The number of alkyl halides is 1. The third-order valence-corrected chi connectivity index (χ3v) is 2.40. The zero-order chi connectivity index (χ0) is 11.1. The van der Waals surface area contributed by atoms with Gasteiger partial charge in [0, 0.05) is 6.54 Å². The number of carboxylic acids is 1. The van der Waals surface area contributed by atoms with Crippen molar-refractivity contribution in [1.82, 2.24) is 5.32 Å². The topological polar surface area (TPSA) is 52.2 Å². The predicted molar refractivity (Wildman–Crippen MR) is 57.4 cm³/mol. The van der Waals surface area contributed by atoms with Gasteiger partial charge in [-0.15, -0.1) is 11.6 Å². The average Bonchev–Trinajstić information content (AvgIpc) is 2.25. The summed E-state index contributed by atoms with van der Waals surface area (Å²) in [4.78, 5) is 10.3. The number of aliphatic carboxylic acids is 1. The van der Waals surface area contributed by atoms with Crippen molar-refractivity contribution in [2.45, 2.75) is 18.3 Å². The summed E-state index contributed by atoms with van der Waals surface area (Å²) in [6.45, 7) is 1.29. The third-order valence-electron chi connectivity index (χ3n) is 2.00. The molecule has 1 N–H and O–H groups in total. The van der Waals surface area contributed by atoms with Crippen LogP contribution in [0.5, 0.6) is 0 Å². The SMILES string of the molecule is O=C([O-])C(Cl)CCNCc1ccccc1.[Na+]. The van der Waals surface area contributed by atoms with Crippen LogP contribution in [0.3, 0.4) is 0 Å². The van der Waals surface area contributed by atoms with Gasteiger partial charge in [0.05, 0.1) is 11.3 Å². The molecule has 1 atom stereocenters. The molecule has 0 amide bonds. The minimum Gasteiger partial charge on any atom is -0.549 e. The van der Waals surface area contributed by atoms with Crippen LogP contribution < -0.4 is 40.0 Å². The van der Waals surface area contributed by atoms with Crippen LogP contribution >= 0.6 is 11.6 Å². The second-order valence-corrected chi connectivity index (χ2v) is 3.76. The zero-order valence-electron chi connectivity index (χ0n) is 9.28. The normalized spacial score (nSPS) is 11.6. The maximum Gasteiger partial charge on any atom is 1.00 e. The van der Waals surface area contributed by atoms with E-state index in [0.29, 0.717) is 13.0 Å². The number of hydrogen-bond acceptors (Lipinski definition) is 3. The van der Waals surface area contributed by atoms with Crippen LogP contribution in [0.25, 0.3) is 0 Å². The summed E-state index contributed by atoms with van der Waals surface area (Å²) in [6, 6.07) is 9.88. The Bertz CT molecular complexity index is 308. The smallest absolute Gasteiger partial charge is 0.549 e. The first-order valence-electron chi connectivity index (χ1n) is 4.79. The van der Waals surface area contributed by atoms with Crippen LogP contribution in [0.4, 0.5) is 0 Å². The molecule has 0 aliphatic heterocycles. The van der Waals surface area contributed by atoms with Gasteiger partial charge in [-0.05, 0) is 18.5 Å². The van der Waals surface area contributed by atoms with Crippen molar-refractivity contribution in [2.24, 2.45) is 0 Å². The van der Waals surface area contributed by atoms with Crippen molar-refractivity contribution < 1.29 is 39.5 Å². The van der Waals surface area contributed by atoms with Crippen LogP contribution in [0.1, 0.15) is 12.0 Å². The molecule has 0 radical (unpaired) electrons. The molecular formula is C11H13ClNNaO2. The zero-order valence-corrected chi connectivity index (χ0v) is 12.0. The van der Waals surface area contributed by atoms with E-state index < -0.39 is 11.3 Å². The molecule has 1 unspecified atom stereocenters. The summed E-state index contributed by atoms with van der Waals surface area (Å²) in [5.74, 6) is -1.21. The average molecular weight is 250 g/mol. The minimum absolute atomic E-state index is 0. The van der Waals surface area contributed by atoms with Crippen LogP contribution in [-0.4, -0.2) is 17.9 Å². The molecule has 0 spiro atoms. The molecule has 5 heteroatoms. The van der Waals surface area contributed by atoms with Crippen molar-refractivity contribution in [3.63, 3.8) is 0 Å². The van der Waals surface area contributed by atoms with Gasteiger partial charge in [-0.3, -0.25) is 0 Å². The number of hydrogen-bond donors (Lipinski definition) is 1. The molecule has 82 valence electrons. The van der Waals surface area contributed by atoms with Crippen molar-refractivity contribution in [1.29, 1.82) is 0 Å². The number of carbonyl (C=O) groups excluding carboxylic acids is 1. The summed E-state index contributed by atoms with van der Waals surface area (Å²) in [7, 11) is 0. The Labute approximate surface area is 122 Å². The Morgan fingerprint density at radius 3 is 2.56 bits per heavy atom. The van der Waals surface area contributed by atoms with Crippen LogP contribution in [0.2, 0.25) is 0 Å². The molecule has 0 heterocycles. The first-order chi connectivity index (χ1) is 7.20. The summed E-state index contributed by atoms with van der Waals surface area (Å²) in [6.07, 6.45) is 0.372. The first kappa shape index (κ1) is 15.9. The molecule has 3 nitrogen and oxygen atoms in total. The Morgan fingerprint density at radius 1 is 1.38 bits per heavy atom. The second kappa shape index (κ2) is 9.02. The standard InChI is InChI=1S/C11H14ClNO2.Na/c12-10(11(14)15)6-7-13-8-9-4-2-1-3-5-9;/h1-5,10,13H,6-8H2,(H,14,15);/q;+1/p-1. The number of carbonyl (C=O) groups is 1. The maximum atomic E-state index is 10.3. The van der Waals surface area contributed by atoms with Crippen LogP contribution in [0.15, 0.2) is 30.3 Å². The summed E-state index contributed by atoms with van der Waals surface area (Å²) < 4.78 is 0. The van der Waals surface area contributed by atoms with E-state index >= 15 is 0 Å². The Balaban J connectivity index is 0.00000225. The fourth-order valence-corrected chi connectivity index (χ4v) is 1.28. The van der Waals surface area contributed by atoms with E-state index in [2.05, 4.69) is 5.32 Å². The van der Waals surface area contributed by atoms with Gasteiger partial charge in [0.25, 0.3) is 0 Å². The van der Waals surface area contributed by atoms with E-state index in [1.54, 1.807) is 0 Å². The molecule has 1 aromatic carbocycles. The van der Waals surface area contributed by atoms with Crippen molar-refractivity contribution >= 4 is 17.6 Å². The number of carboxylic acid groups (broad SMARTS) is 1. The van der Waals surface area contributed by atoms with Crippen molar-refractivity contribution in [2.75, 3.05) is 6.54 Å². The van der Waals surface area contributed by atoms with Crippen LogP contribution in [0, 0.1) is 0 Å². The number of benzene rings is 1. The molecule has 0 saturated carbocycles. The first-order valence-corrected chi connectivity index (χ1v) is 5.23. The van der Waals surface area contributed by atoms with Gasteiger partial charge in [-0.25, -0.2) is 0 Å². The molecule has 0 fully saturated rings. The Morgan fingerprint density at radius 2 is 2.00 bits per heavy atom. The molecular weight excluding hydrogens is 237 g/mol. The van der Waals surface area contributed by atoms with E-state index in [9.17, 15) is 9.90 Å². The monoisotopic (exact) mass is 249 g/mol. The molecule has 1 rings (SSSR count). The fraction of sp³-hybridized carbons (Fsp3) is 0.364. The summed E-state index contributed by atoms with van der Waals surface area (Å²) in [5, 5.41) is 12.5. The van der Waals surface area contributed by atoms with Gasteiger partial charge in [0.2, 0.25) is 0 Å². The summed E-state index contributed by atoms with van der Waals surface area (Å²) >= 11 is 5.50. The van der Waals surface area contributed by atoms with Gasteiger partial charge in [0.1, 0.15) is 0 Å². The molecule has 16 heavy (non-hydrogen) atoms. The Kier molecular flexibility index (Phi) is 8.99. The molecule has 1 aromatic rings. The van der Waals surface area contributed by atoms with Crippen molar-refractivity contribution in [3.8, 4) is 0 Å². The van der Waals surface area contributed by atoms with E-state index in [1.165, 1.54) is 0 Å².